The van der Waals surface area contributed by atoms with Crippen molar-refractivity contribution >= 4 is 17.7 Å². The van der Waals surface area contributed by atoms with Crippen LogP contribution in [0, 0.1) is 5.92 Å². The molecule has 1 atom stereocenters. The summed E-state index contributed by atoms with van der Waals surface area (Å²) in [4.78, 5) is 23.7. The minimum Gasteiger partial charge on any atom is -0.467 e. The van der Waals surface area contributed by atoms with Crippen LogP contribution in [0.1, 0.15) is 39.2 Å². The number of anilines is 1. The Balaban J connectivity index is 2.80. The van der Waals surface area contributed by atoms with Gasteiger partial charge in [0.15, 0.2) is 0 Å². The number of hydrogen-bond acceptors (Lipinski definition) is 3. The van der Waals surface area contributed by atoms with Crippen LogP contribution < -0.4 is 10.6 Å². The Labute approximate surface area is 126 Å². The number of carbonyl (C=O) groups excluding carboxylic acids is 2. The van der Waals surface area contributed by atoms with Crippen molar-refractivity contribution in [3.63, 3.8) is 0 Å². The van der Waals surface area contributed by atoms with Crippen LogP contribution in [0.3, 0.4) is 0 Å². The number of benzene rings is 1. The standard InChI is InChI=1S/C16H24N2O3/c1-10(2)12-8-6-7-9-13(12)17-16(20)18-14(11(3)4)15(19)21-5/h6-11,14H,1-5H3,(H2,17,18,20). The third-order valence-corrected chi connectivity index (χ3v) is 3.24. The van der Waals surface area contributed by atoms with E-state index in [0.29, 0.717) is 5.92 Å². The van der Waals surface area contributed by atoms with Gasteiger partial charge in [0.05, 0.1) is 7.11 Å². The molecular weight excluding hydrogens is 268 g/mol. The molecule has 0 aliphatic heterocycles. The second-order valence-electron chi connectivity index (χ2n) is 5.59. The van der Waals surface area contributed by atoms with Gasteiger partial charge in [-0.3, -0.25) is 0 Å². The molecule has 0 radical (unpaired) electrons. The largest absolute Gasteiger partial charge is 0.467 e. The number of para-hydroxylation sites is 1. The number of esters is 1. The van der Waals surface area contributed by atoms with Crippen molar-refractivity contribution in [2.45, 2.75) is 39.7 Å². The molecule has 1 aromatic carbocycles. The maximum Gasteiger partial charge on any atom is 0.328 e. The van der Waals surface area contributed by atoms with E-state index in [9.17, 15) is 9.59 Å². The van der Waals surface area contributed by atoms with Gasteiger partial charge in [-0.05, 0) is 23.5 Å². The third kappa shape index (κ3) is 4.77. The molecule has 0 fully saturated rings. The first-order valence-electron chi connectivity index (χ1n) is 7.11. The molecule has 0 heterocycles. The predicted octanol–water partition coefficient (Wildman–Crippen LogP) is 3.13. The van der Waals surface area contributed by atoms with E-state index in [1.807, 2.05) is 38.1 Å². The minimum absolute atomic E-state index is 0.0523. The summed E-state index contributed by atoms with van der Waals surface area (Å²) in [7, 11) is 1.31. The van der Waals surface area contributed by atoms with E-state index in [2.05, 4.69) is 24.5 Å². The van der Waals surface area contributed by atoms with Crippen LogP contribution in [0.4, 0.5) is 10.5 Å². The van der Waals surface area contributed by atoms with Crippen molar-refractivity contribution < 1.29 is 14.3 Å². The minimum atomic E-state index is -0.666. The van der Waals surface area contributed by atoms with Gasteiger partial charge in [0.1, 0.15) is 6.04 Å². The lowest BCUT2D eigenvalue weighted by molar-refractivity contribution is -0.143. The molecule has 0 spiro atoms. The Morgan fingerprint density at radius 2 is 1.71 bits per heavy atom. The number of urea groups is 1. The van der Waals surface area contributed by atoms with Gasteiger partial charge in [0, 0.05) is 5.69 Å². The normalized spacial score (nSPS) is 12.1. The number of methoxy groups -OCH3 is 1. The Kier molecular flexibility index (Phi) is 6.21. The zero-order valence-corrected chi connectivity index (χ0v) is 13.3. The van der Waals surface area contributed by atoms with Crippen LogP contribution in [0.15, 0.2) is 24.3 Å². The number of ether oxygens (including phenoxy) is 1. The molecule has 116 valence electrons. The molecule has 2 amide bonds. The van der Waals surface area contributed by atoms with Crippen LogP contribution in [-0.4, -0.2) is 25.2 Å². The van der Waals surface area contributed by atoms with Crippen LogP contribution in [-0.2, 0) is 9.53 Å². The van der Waals surface area contributed by atoms with E-state index < -0.39 is 18.0 Å². The fourth-order valence-corrected chi connectivity index (χ4v) is 2.04. The van der Waals surface area contributed by atoms with Crippen molar-refractivity contribution in [1.82, 2.24) is 5.32 Å². The molecule has 1 rings (SSSR count). The molecule has 2 N–H and O–H groups in total. The van der Waals surface area contributed by atoms with Gasteiger partial charge in [-0.1, -0.05) is 45.9 Å². The first kappa shape index (κ1) is 17.0. The molecule has 5 heteroatoms. The van der Waals surface area contributed by atoms with Crippen LogP contribution in [0.25, 0.3) is 0 Å². The summed E-state index contributed by atoms with van der Waals surface area (Å²) in [5, 5.41) is 5.46. The van der Waals surface area contributed by atoms with E-state index >= 15 is 0 Å². The highest BCUT2D eigenvalue weighted by atomic mass is 16.5. The molecule has 0 aromatic heterocycles. The highest BCUT2D eigenvalue weighted by Crippen LogP contribution is 2.23. The summed E-state index contributed by atoms with van der Waals surface area (Å²) in [6, 6.07) is 6.54. The summed E-state index contributed by atoms with van der Waals surface area (Å²) in [5.41, 5.74) is 1.80. The van der Waals surface area contributed by atoms with Crippen molar-refractivity contribution in [3.8, 4) is 0 Å². The molecule has 21 heavy (non-hydrogen) atoms. The number of nitrogens with one attached hydrogen (secondary N) is 2. The van der Waals surface area contributed by atoms with Gasteiger partial charge in [0.25, 0.3) is 0 Å². The average Bonchev–Trinajstić information content (AvgIpc) is 2.44. The van der Waals surface area contributed by atoms with Gasteiger partial charge in [-0.2, -0.15) is 0 Å². The Hall–Kier alpha value is -2.04. The van der Waals surface area contributed by atoms with Gasteiger partial charge >= 0.3 is 12.0 Å². The fraction of sp³-hybridized carbons (Fsp3) is 0.500. The summed E-state index contributed by atoms with van der Waals surface area (Å²) >= 11 is 0. The molecular formula is C16H24N2O3. The Bertz CT molecular complexity index is 498. The van der Waals surface area contributed by atoms with E-state index in [-0.39, 0.29) is 5.92 Å². The first-order chi connectivity index (χ1) is 9.86. The lowest BCUT2D eigenvalue weighted by Crippen LogP contribution is -2.46. The van der Waals surface area contributed by atoms with Crippen molar-refractivity contribution in [3.05, 3.63) is 29.8 Å². The van der Waals surface area contributed by atoms with Gasteiger partial charge in [0.2, 0.25) is 0 Å². The maximum absolute atomic E-state index is 12.1. The monoisotopic (exact) mass is 292 g/mol. The number of rotatable bonds is 5. The molecule has 0 aliphatic rings. The molecule has 1 unspecified atom stereocenters. The maximum atomic E-state index is 12.1. The lowest BCUT2D eigenvalue weighted by atomic mass is 10.0. The van der Waals surface area contributed by atoms with E-state index in [1.54, 1.807) is 0 Å². The summed E-state index contributed by atoms with van der Waals surface area (Å²) in [5.74, 6) is -0.205. The van der Waals surface area contributed by atoms with Crippen LogP contribution >= 0.6 is 0 Å². The predicted molar refractivity (Wildman–Crippen MR) is 83.3 cm³/mol. The van der Waals surface area contributed by atoms with Gasteiger partial charge in [-0.25, -0.2) is 9.59 Å². The van der Waals surface area contributed by atoms with Crippen molar-refractivity contribution in [2.24, 2.45) is 5.92 Å². The van der Waals surface area contributed by atoms with Crippen LogP contribution in [0.2, 0.25) is 0 Å². The van der Waals surface area contributed by atoms with Crippen molar-refractivity contribution in [2.75, 3.05) is 12.4 Å². The zero-order chi connectivity index (χ0) is 16.0. The summed E-state index contributed by atoms with van der Waals surface area (Å²) < 4.78 is 4.71. The van der Waals surface area contributed by atoms with Gasteiger partial charge in [-0.15, -0.1) is 0 Å². The zero-order valence-electron chi connectivity index (χ0n) is 13.3. The molecule has 0 aliphatic carbocycles. The Morgan fingerprint density at radius 3 is 2.24 bits per heavy atom. The quantitative estimate of drug-likeness (QED) is 0.819. The van der Waals surface area contributed by atoms with Gasteiger partial charge < -0.3 is 15.4 Å². The molecule has 0 bridgehead atoms. The van der Waals surface area contributed by atoms with Crippen molar-refractivity contribution in [1.29, 1.82) is 0 Å². The fourth-order valence-electron chi connectivity index (χ4n) is 2.04. The summed E-state index contributed by atoms with van der Waals surface area (Å²) in [6.45, 7) is 7.82. The number of hydrogen-bond donors (Lipinski definition) is 2. The molecule has 1 aromatic rings. The van der Waals surface area contributed by atoms with E-state index in [1.165, 1.54) is 7.11 Å². The highest BCUT2D eigenvalue weighted by Gasteiger charge is 2.25. The van der Waals surface area contributed by atoms with E-state index in [0.717, 1.165) is 11.3 Å². The average molecular weight is 292 g/mol. The smallest absolute Gasteiger partial charge is 0.328 e. The Morgan fingerprint density at radius 1 is 1.10 bits per heavy atom. The molecule has 0 saturated carbocycles. The number of amides is 2. The first-order valence-corrected chi connectivity index (χ1v) is 7.11. The highest BCUT2D eigenvalue weighted by molar-refractivity contribution is 5.93. The van der Waals surface area contributed by atoms with E-state index in [4.69, 9.17) is 4.74 Å². The number of carbonyl (C=O) groups is 2. The topological polar surface area (TPSA) is 67.4 Å². The van der Waals surface area contributed by atoms with Crippen LogP contribution in [0.5, 0.6) is 0 Å². The second kappa shape index (κ2) is 7.67. The molecule has 5 nitrogen and oxygen atoms in total. The lowest BCUT2D eigenvalue weighted by Gasteiger charge is -2.21. The summed E-state index contributed by atoms with van der Waals surface area (Å²) in [6.07, 6.45) is 0. The third-order valence-electron chi connectivity index (χ3n) is 3.24. The molecule has 0 saturated heterocycles. The second-order valence-corrected chi connectivity index (χ2v) is 5.59. The SMILES string of the molecule is COC(=O)C(NC(=O)Nc1ccccc1C(C)C)C(C)C.